The number of nitrogens with two attached hydrogens (primary N) is 1. The third-order valence-corrected chi connectivity index (χ3v) is 7.89. The van der Waals surface area contributed by atoms with E-state index in [0.717, 1.165) is 28.4 Å². The minimum Gasteiger partial charge on any atom is -0.465 e. The molecular weight excluding hydrogens is 506 g/mol. The van der Waals surface area contributed by atoms with Crippen LogP contribution in [0.3, 0.4) is 0 Å². The molecule has 7 nitrogen and oxygen atoms in total. The van der Waals surface area contributed by atoms with Crippen LogP contribution in [0.2, 0.25) is 0 Å². The first-order valence-electron chi connectivity index (χ1n) is 12.7. The lowest BCUT2D eigenvalue weighted by molar-refractivity contribution is 0.0167. The number of ether oxygens (including phenoxy) is 4. The van der Waals surface area contributed by atoms with Crippen molar-refractivity contribution >= 4 is 29.2 Å². The van der Waals surface area contributed by atoms with Gasteiger partial charge in [-0.25, -0.2) is 0 Å². The van der Waals surface area contributed by atoms with Gasteiger partial charge in [-0.2, -0.15) is 10.5 Å². The summed E-state index contributed by atoms with van der Waals surface area (Å²) in [5.74, 6) is 1.47. The quantitative estimate of drug-likeness (QED) is 0.0891. The van der Waals surface area contributed by atoms with Gasteiger partial charge >= 0.3 is 0 Å². The van der Waals surface area contributed by atoms with Crippen LogP contribution in [0.25, 0.3) is 0 Å². The standard InChI is InChI=1S/C28H37N3O4S2/c1-4-7-8-9-10-13-16-36-27-25(34-19-32-5-2)21(17-29)22(18-30)26(35-20-33-6-3)28(27)37-24-15-12-11-14-23(24)31/h11-12,14-15H,4-10,13,16,19-20,31H2,1-3H3. The molecule has 0 fully saturated rings. The predicted molar refractivity (Wildman–Crippen MR) is 149 cm³/mol. The fourth-order valence-corrected chi connectivity index (χ4v) is 5.84. The number of para-hydroxylation sites is 1. The first-order chi connectivity index (χ1) is 18.1. The van der Waals surface area contributed by atoms with Gasteiger partial charge in [0, 0.05) is 23.8 Å². The van der Waals surface area contributed by atoms with E-state index >= 15 is 0 Å². The highest BCUT2D eigenvalue weighted by Gasteiger charge is 2.28. The van der Waals surface area contributed by atoms with Gasteiger partial charge in [-0.15, -0.1) is 11.8 Å². The van der Waals surface area contributed by atoms with Crippen LogP contribution < -0.4 is 15.2 Å². The highest BCUT2D eigenvalue weighted by atomic mass is 32.2. The van der Waals surface area contributed by atoms with Gasteiger partial charge in [-0.05, 0) is 38.2 Å². The van der Waals surface area contributed by atoms with E-state index in [2.05, 4.69) is 19.1 Å². The van der Waals surface area contributed by atoms with E-state index in [-0.39, 0.29) is 24.7 Å². The summed E-state index contributed by atoms with van der Waals surface area (Å²) in [6.07, 6.45) is 7.06. The molecule has 0 saturated carbocycles. The largest absolute Gasteiger partial charge is 0.465 e. The predicted octanol–water partition coefficient (Wildman–Crippen LogP) is 7.36. The molecule has 9 heteroatoms. The summed E-state index contributed by atoms with van der Waals surface area (Å²) in [5.41, 5.74) is 7.11. The van der Waals surface area contributed by atoms with Gasteiger partial charge in [0.1, 0.15) is 23.3 Å². The fraction of sp³-hybridized carbons (Fsp3) is 0.500. The van der Waals surface area contributed by atoms with E-state index in [1.165, 1.54) is 37.4 Å². The maximum Gasteiger partial charge on any atom is 0.189 e. The molecule has 0 spiro atoms. The molecule has 0 aliphatic heterocycles. The summed E-state index contributed by atoms with van der Waals surface area (Å²) in [4.78, 5) is 2.23. The number of rotatable bonds is 18. The van der Waals surface area contributed by atoms with Crippen LogP contribution in [0, 0.1) is 22.7 Å². The summed E-state index contributed by atoms with van der Waals surface area (Å²) < 4.78 is 22.8. The number of benzene rings is 2. The summed E-state index contributed by atoms with van der Waals surface area (Å²) in [7, 11) is 0. The minimum atomic E-state index is -0.0471. The zero-order valence-corrected chi connectivity index (χ0v) is 23.6. The number of hydrogen-bond donors (Lipinski definition) is 1. The van der Waals surface area contributed by atoms with Gasteiger partial charge < -0.3 is 24.7 Å². The molecule has 0 radical (unpaired) electrons. The molecular formula is C28H37N3O4S2. The van der Waals surface area contributed by atoms with Crippen LogP contribution >= 0.6 is 23.5 Å². The van der Waals surface area contributed by atoms with Crippen molar-refractivity contribution in [1.82, 2.24) is 0 Å². The second kappa shape index (κ2) is 17.8. The SMILES string of the molecule is CCCCCCCCSc1c(OCOCC)c(C#N)c(C#N)c(OCOCC)c1Sc1ccccc1N. The summed E-state index contributed by atoms with van der Waals surface area (Å²) in [6, 6.07) is 11.8. The number of nitrogens with zero attached hydrogens (tertiary/aromatic N) is 2. The first kappa shape index (κ1) is 30.7. The Morgan fingerprint density at radius 2 is 1.35 bits per heavy atom. The number of nitriles is 2. The second-order valence-electron chi connectivity index (χ2n) is 8.06. The summed E-state index contributed by atoms with van der Waals surface area (Å²) >= 11 is 2.99. The van der Waals surface area contributed by atoms with Crippen molar-refractivity contribution in [3.63, 3.8) is 0 Å². The number of hydrogen-bond acceptors (Lipinski definition) is 9. The number of unbranched alkanes of at least 4 members (excludes halogenated alkanes) is 5. The molecule has 0 heterocycles. The van der Waals surface area contributed by atoms with Gasteiger partial charge in [0.2, 0.25) is 0 Å². The van der Waals surface area contributed by atoms with Crippen molar-refractivity contribution in [2.45, 2.75) is 74.0 Å². The van der Waals surface area contributed by atoms with Gasteiger partial charge in [-0.1, -0.05) is 62.9 Å². The smallest absolute Gasteiger partial charge is 0.189 e. The van der Waals surface area contributed by atoms with Gasteiger partial charge in [0.15, 0.2) is 25.1 Å². The summed E-state index contributed by atoms with van der Waals surface area (Å²) in [5, 5.41) is 20.2. The van der Waals surface area contributed by atoms with Crippen LogP contribution in [0.15, 0.2) is 39.0 Å². The number of nitrogen functional groups attached to an aromatic ring is 1. The monoisotopic (exact) mass is 543 g/mol. The van der Waals surface area contributed by atoms with Crippen molar-refractivity contribution in [2.24, 2.45) is 0 Å². The lowest BCUT2D eigenvalue weighted by Gasteiger charge is -2.22. The molecule has 0 aromatic heterocycles. The van der Waals surface area contributed by atoms with E-state index < -0.39 is 0 Å². The maximum atomic E-state index is 10.1. The average Bonchev–Trinajstić information content (AvgIpc) is 2.91. The first-order valence-corrected chi connectivity index (χ1v) is 14.5. The number of thioether (sulfide) groups is 1. The zero-order chi connectivity index (χ0) is 26.9. The average molecular weight is 544 g/mol. The molecule has 0 atom stereocenters. The molecule has 37 heavy (non-hydrogen) atoms. The highest BCUT2D eigenvalue weighted by Crippen LogP contribution is 2.51. The molecule has 0 saturated heterocycles. The van der Waals surface area contributed by atoms with Crippen LogP contribution in [0.1, 0.15) is 70.4 Å². The molecule has 0 aliphatic carbocycles. The Labute approximate surface area is 229 Å². The Morgan fingerprint density at radius 3 is 1.92 bits per heavy atom. The second-order valence-corrected chi connectivity index (χ2v) is 10.2. The van der Waals surface area contributed by atoms with Crippen molar-refractivity contribution in [3.05, 3.63) is 35.4 Å². The number of anilines is 1. The van der Waals surface area contributed by atoms with E-state index in [1.807, 2.05) is 38.1 Å². The van der Waals surface area contributed by atoms with E-state index in [4.69, 9.17) is 24.7 Å². The Balaban J connectivity index is 2.59. The Morgan fingerprint density at radius 1 is 0.784 bits per heavy atom. The van der Waals surface area contributed by atoms with E-state index in [0.29, 0.717) is 35.3 Å². The Kier molecular flexibility index (Phi) is 14.8. The summed E-state index contributed by atoms with van der Waals surface area (Å²) in [6.45, 7) is 6.78. The lowest BCUT2D eigenvalue weighted by atomic mass is 10.1. The normalized spacial score (nSPS) is 10.6. The van der Waals surface area contributed by atoms with Crippen LogP contribution in [-0.4, -0.2) is 32.6 Å². The van der Waals surface area contributed by atoms with Crippen molar-refractivity contribution in [1.29, 1.82) is 10.5 Å². The van der Waals surface area contributed by atoms with Crippen LogP contribution in [0.4, 0.5) is 5.69 Å². The third-order valence-electron chi connectivity index (χ3n) is 5.40. The molecule has 0 amide bonds. The van der Waals surface area contributed by atoms with E-state index in [9.17, 15) is 10.5 Å². The third kappa shape index (κ3) is 9.36. The van der Waals surface area contributed by atoms with Crippen LogP contribution in [-0.2, 0) is 9.47 Å². The Hall–Kier alpha value is -2.56. The molecule has 0 aliphatic rings. The zero-order valence-electron chi connectivity index (χ0n) is 22.0. The van der Waals surface area contributed by atoms with Gasteiger partial charge in [0.25, 0.3) is 0 Å². The maximum absolute atomic E-state index is 10.1. The van der Waals surface area contributed by atoms with Crippen molar-refractivity contribution < 1.29 is 18.9 Å². The molecule has 2 aromatic carbocycles. The molecule has 2 rings (SSSR count). The molecule has 200 valence electrons. The topological polar surface area (TPSA) is 111 Å². The van der Waals surface area contributed by atoms with Crippen molar-refractivity contribution in [2.75, 3.05) is 38.3 Å². The molecule has 2 N–H and O–H groups in total. The minimum absolute atomic E-state index is 0.0304. The van der Waals surface area contributed by atoms with Gasteiger partial charge in [0.05, 0.1) is 9.79 Å². The molecule has 2 aromatic rings. The molecule has 0 bridgehead atoms. The van der Waals surface area contributed by atoms with E-state index in [1.54, 1.807) is 11.8 Å². The molecule has 0 unspecified atom stereocenters. The van der Waals surface area contributed by atoms with Crippen LogP contribution in [0.5, 0.6) is 11.5 Å². The van der Waals surface area contributed by atoms with Gasteiger partial charge in [-0.3, -0.25) is 0 Å². The fourth-order valence-electron chi connectivity index (χ4n) is 3.48. The highest BCUT2D eigenvalue weighted by molar-refractivity contribution is 8.02. The Bertz CT molecular complexity index is 1070. The van der Waals surface area contributed by atoms with Crippen molar-refractivity contribution in [3.8, 4) is 23.6 Å². The lowest BCUT2D eigenvalue weighted by Crippen LogP contribution is -2.10.